The highest BCUT2D eigenvalue weighted by Crippen LogP contribution is 2.26. The maximum atomic E-state index is 6.07. The molecule has 0 bridgehead atoms. The molecule has 0 saturated carbocycles. The van der Waals surface area contributed by atoms with Crippen molar-refractivity contribution in [3.8, 4) is 0 Å². The summed E-state index contributed by atoms with van der Waals surface area (Å²) >= 11 is 0. The summed E-state index contributed by atoms with van der Waals surface area (Å²) in [5.74, 6) is 1.03. The third-order valence-electron chi connectivity index (χ3n) is 3.29. The molecule has 0 amide bonds. The Morgan fingerprint density at radius 1 is 1.32 bits per heavy atom. The maximum Gasteiger partial charge on any atom is 0.137 e. The Morgan fingerprint density at radius 2 is 2.11 bits per heavy atom. The highest BCUT2D eigenvalue weighted by atomic mass is 16.3. The van der Waals surface area contributed by atoms with Crippen LogP contribution < -0.4 is 5.32 Å². The molecule has 0 fully saturated rings. The Hall–Kier alpha value is -1.32. The second kappa shape index (κ2) is 6.22. The molecule has 3 nitrogen and oxygen atoms in total. The highest BCUT2D eigenvalue weighted by molar-refractivity contribution is 5.81. The van der Waals surface area contributed by atoms with Crippen LogP contribution in [0.25, 0.3) is 11.0 Å². The minimum Gasteiger partial charge on any atom is -0.459 e. The second-order valence-electron chi connectivity index (χ2n) is 5.41. The Labute approximate surface area is 115 Å². The fourth-order valence-corrected chi connectivity index (χ4v) is 2.34. The average Bonchev–Trinajstić information content (AvgIpc) is 2.79. The third kappa shape index (κ3) is 3.37. The van der Waals surface area contributed by atoms with Crippen molar-refractivity contribution in [2.45, 2.75) is 26.3 Å². The van der Waals surface area contributed by atoms with Crippen molar-refractivity contribution < 1.29 is 4.42 Å². The number of nitrogens with zero attached hydrogens (tertiary/aromatic N) is 1. The lowest BCUT2D eigenvalue weighted by Crippen LogP contribution is -2.31. The lowest BCUT2D eigenvalue weighted by Gasteiger charge is -2.20. The van der Waals surface area contributed by atoms with E-state index in [2.05, 4.69) is 62.4 Å². The van der Waals surface area contributed by atoms with Crippen LogP contribution in [0, 0.1) is 6.92 Å². The van der Waals surface area contributed by atoms with Crippen molar-refractivity contribution in [3.63, 3.8) is 0 Å². The van der Waals surface area contributed by atoms with Crippen LogP contribution in [0.3, 0.4) is 0 Å². The summed E-state index contributed by atoms with van der Waals surface area (Å²) in [5, 5.41) is 4.75. The van der Waals surface area contributed by atoms with Gasteiger partial charge in [0.2, 0.25) is 0 Å². The van der Waals surface area contributed by atoms with Crippen LogP contribution in [-0.4, -0.2) is 32.1 Å². The normalized spacial score (nSPS) is 13.3. The first-order valence-corrected chi connectivity index (χ1v) is 6.99. The highest BCUT2D eigenvalue weighted by Gasteiger charge is 2.17. The molecule has 1 aromatic heterocycles. The molecule has 1 atom stereocenters. The van der Waals surface area contributed by atoms with Crippen LogP contribution in [0.1, 0.15) is 30.7 Å². The fraction of sp³-hybridized carbons (Fsp3) is 0.500. The number of aryl methyl sites for hydroxylation is 1. The lowest BCUT2D eigenvalue weighted by atomic mass is 10.1. The number of rotatable bonds is 6. The number of hydrogen-bond donors (Lipinski definition) is 1. The molecule has 0 spiro atoms. The molecule has 1 N–H and O–H groups in total. The van der Waals surface area contributed by atoms with Crippen LogP contribution in [0.4, 0.5) is 0 Å². The second-order valence-corrected chi connectivity index (χ2v) is 5.41. The number of hydrogen-bond acceptors (Lipinski definition) is 3. The summed E-state index contributed by atoms with van der Waals surface area (Å²) in [6.07, 6.45) is 1.13. The van der Waals surface area contributed by atoms with E-state index in [1.54, 1.807) is 0 Å². The van der Waals surface area contributed by atoms with Gasteiger partial charge in [-0.3, -0.25) is 0 Å². The van der Waals surface area contributed by atoms with Gasteiger partial charge in [0.15, 0.2) is 0 Å². The molecule has 104 valence electrons. The summed E-state index contributed by atoms with van der Waals surface area (Å²) in [5.41, 5.74) is 2.21. The zero-order valence-electron chi connectivity index (χ0n) is 12.4. The van der Waals surface area contributed by atoms with Gasteiger partial charge >= 0.3 is 0 Å². The van der Waals surface area contributed by atoms with E-state index >= 15 is 0 Å². The molecule has 19 heavy (non-hydrogen) atoms. The van der Waals surface area contributed by atoms with Gasteiger partial charge in [-0.25, -0.2) is 0 Å². The molecule has 1 unspecified atom stereocenters. The molecule has 3 heteroatoms. The molecule has 0 radical (unpaired) electrons. The van der Waals surface area contributed by atoms with E-state index < -0.39 is 0 Å². The van der Waals surface area contributed by atoms with Gasteiger partial charge in [0, 0.05) is 11.9 Å². The van der Waals surface area contributed by atoms with Gasteiger partial charge in [-0.1, -0.05) is 25.1 Å². The summed E-state index contributed by atoms with van der Waals surface area (Å²) in [6, 6.07) is 8.70. The fourth-order valence-electron chi connectivity index (χ4n) is 2.34. The molecule has 1 heterocycles. The van der Waals surface area contributed by atoms with Crippen LogP contribution in [0.15, 0.2) is 28.7 Å². The molecule has 0 saturated heterocycles. The quantitative estimate of drug-likeness (QED) is 0.863. The van der Waals surface area contributed by atoms with Gasteiger partial charge in [-0.2, -0.15) is 0 Å². The van der Waals surface area contributed by atoms with E-state index in [-0.39, 0.29) is 6.04 Å². The predicted molar refractivity (Wildman–Crippen MR) is 80.5 cm³/mol. The van der Waals surface area contributed by atoms with Gasteiger partial charge in [0.1, 0.15) is 11.3 Å². The maximum absolute atomic E-state index is 6.07. The van der Waals surface area contributed by atoms with Crippen molar-refractivity contribution in [1.82, 2.24) is 10.2 Å². The van der Waals surface area contributed by atoms with E-state index in [0.29, 0.717) is 0 Å². The van der Waals surface area contributed by atoms with Crippen molar-refractivity contribution in [3.05, 3.63) is 35.6 Å². The van der Waals surface area contributed by atoms with Gasteiger partial charge in [-0.15, -0.1) is 0 Å². The Morgan fingerprint density at radius 3 is 2.74 bits per heavy atom. The first-order valence-electron chi connectivity index (χ1n) is 6.99. The van der Waals surface area contributed by atoms with Gasteiger partial charge in [0.25, 0.3) is 0 Å². The summed E-state index contributed by atoms with van der Waals surface area (Å²) < 4.78 is 6.07. The topological polar surface area (TPSA) is 28.4 Å². The van der Waals surface area contributed by atoms with Gasteiger partial charge < -0.3 is 14.6 Å². The van der Waals surface area contributed by atoms with E-state index in [1.165, 1.54) is 10.9 Å². The average molecular weight is 260 g/mol. The molecule has 1 aromatic carbocycles. The largest absolute Gasteiger partial charge is 0.459 e. The SMILES string of the molecule is CCCNC(CN(C)C)c1cc2cccc(C)c2o1. The Balaban J connectivity index is 2.29. The Bertz CT molecular complexity index is 531. The van der Waals surface area contributed by atoms with Crippen LogP contribution in [-0.2, 0) is 0 Å². The van der Waals surface area contributed by atoms with E-state index in [9.17, 15) is 0 Å². The minimum atomic E-state index is 0.252. The number of fused-ring (bicyclic) bond motifs is 1. The zero-order chi connectivity index (χ0) is 13.8. The number of benzene rings is 1. The monoisotopic (exact) mass is 260 g/mol. The first-order chi connectivity index (χ1) is 9.11. The van der Waals surface area contributed by atoms with Crippen molar-refractivity contribution in [1.29, 1.82) is 0 Å². The standard InChI is InChI=1S/C16H24N2O/c1-5-9-17-14(11-18(3)4)15-10-13-8-6-7-12(2)16(13)19-15/h6-8,10,14,17H,5,9,11H2,1-4H3. The molecule has 0 aliphatic heterocycles. The number of para-hydroxylation sites is 1. The van der Waals surface area contributed by atoms with Crippen LogP contribution >= 0.6 is 0 Å². The van der Waals surface area contributed by atoms with Crippen molar-refractivity contribution >= 4 is 11.0 Å². The first kappa shape index (κ1) is 14.1. The van der Waals surface area contributed by atoms with Crippen molar-refractivity contribution in [2.24, 2.45) is 0 Å². The third-order valence-corrected chi connectivity index (χ3v) is 3.29. The number of nitrogens with one attached hydrogen (secondary N) is 1. The van der Waals surface area contributed by atoms with Crippen molar-refractivity contribution in [2.75, 3.05) is 27.2 Å². The lowest BCUT2D eigenvalue weighted by molar-refractivity contribution is 0.313. The Kier molecular flexibility index (Phi) is 4.61. The molecule has 0 aliphatic rings. The van der Waals surface area contributed by atoms with Gasteiger partial charge in [-0.05, 0) is 45.6 Å². The van der Waals surface area contributed by atoms with E-state index in [4.69, 9.17) is 4.42 Å². The van der Waals surface area contributed by atoms with Crippen LogP contribution in [0.5, 0.6) is 0 Å². The predicted octanol–water partition coefficient (Wildman–Crippen LogP) is 3.34. The number of likely N-dealkylation sites (N-methyl/N-ethyl adjacent to an activating group) is 1. The molecular formula is C16H24N2O. The summed E-state index contributed by atoms with van der Waals surface area (Å²) in [4.78, 5) is 2.19. The minimum absolute atomic E-state index is 0.252. The van der Waals surface area contributed by atoms with E-state index in [0.717, 1.165) is 30.9 Å². The smallest absolute Gasteiger partial charge is 0.137 e. The summed E-state index contributed by atoms with van der Waals surface area (Å²) in [6.45, 7) is 6.23. The van der Waals surface area contributed by atoms with Crippen LogP contribution in [0.2, 0.25) is 0 Å². The molecular weight excluding hydrogens is 236 g/mol. The molecule has 2 rings (SSSR count). The van der Waals surface area contributed by atoms with Gasteiger partial charge in [0.05, 0.1) is 6.04 Å². The zero-order valence-corrected chi connectivity index (χ0v) is 12.4. The number of furan rings is 1. The molecule has 0 aliphatic carbocycles. The van der Waals surface area contributed by atoms with E-state index in [1.807, 2.05) is 0 Å². The summed E-state index contributed by atoms with van der Waals surface area (Å²) in [7, 11) is 4.18. The molecule has 2 aromatic rings.